The van der Waals surface area contributed by atoms with Crippen LogP contribution in [0.2, 0.25) is 0 Å². The number of rotatable bonds is 3. The minimum Gasteiger partial charge on any atom is -0.206 e. The Morgan fingerprint density at radius 1 is 0.885 bits per heavy atom. The molecule has 0 saturated carbocycles. The highest BCUT2D eigenvalue weighted by atomic mass is 19.4. The first-order valence-corrected chi connectivity index (χ1v) is 7.58. The Kier molecular flexibility index (Phi) is 5.49. The van der Waals surface area contributed by atoms with Crippen LogP contribution < -0.4 is 0 Å². The van der Waals surface area contributed by atoms with Crippen molar-refractivity contribution in [2.45, 2.75) is 32.1 Å². The Bertz CT molecular complexity index is 790. The molecule has 1 atom stereocenters. The highest BCUT2D eigenvalue weighted by Crippen LogP contribution is 2.38. The van der Waals surface area contributed by atoms with Crippen molar-refractivity contribution in [2.75, 3.05) is 0 Å². The van der Waals surface area contributed by atoms with E-state index in [1.165, 1.54) is 19.9 Å². The van der Waals surface area contributed by atoms with E-state index in [0.717, 1.165) is 42.5 Å². The summed E-state index contributed by atoms with van der Waals surface area (Å²) in [4.78, 5) is 0. The molecule has 0 aliphatic rings. The quantitative estimate of drug-likeness (QED) is 0.516. The van der Waals surface area contributed by atoms with Gasteiger partial charge in [-0.25, -0.2) is 4.39 Å². The summed E-state index contributed by atoms with van der Waals surface area (Å²) in [5.41, 5.74) is -0.984. The Morgan fingerprint density at radius 2 is 1.46 bits per heavy atom. The smallest absolute Gasteiger partial charge is 0.206 e. The summed E-state index contributed by atoms with van der Waals surface area (Å²) in [5, 5.41) is 0. The molecule has 1 unspecified atom stereocenters. The molecular formula is C19H15F7. The van der Waals surface area contributed by atoms with Crippen LogP contribution in [0.25, 0.3) is 6.08 Å². The van der Waals surface area contributed by atoms with Gasteiger partial charge in [-0.1, -0.05) is 36.4 Å². The molecule has 2 aromatic carbocycles. The van der Waals surface area contributed by atoms with E-state index in [4.69, 9.17) is 0 Å². The minimum absolute atomic E-state index is 0.00960. The maximum Gasteiger partial charge on any atom is 0.416 e. The number of hydrogen-bond acceptors (Lipinski definition) is 0. The molecule has 0 aromatic heterocycles. The summed E-state index contributed by atoms with van der Waals surface area (Å²) in [6, 6.07) is 6.20. The highest BCUT2D eigenvalue weighted by Gasteiger charge is 2.39. The van der Waals surface area contributed by atoms with Crippen molar-refractivity contribution >= 4 is 6.08 Å². The van der Waals surface area contributed by atoms with Gasteiger partial charge in [-0.2, -0.15) is 26.3 Å². The van der Waals surface area contributed by atoms with Crippen LogP contribution in [0, 0.1) is 19.7 Å². The third-order valence-corrected chi connectivity index (χ3v) is 3.87. The number of hydrogen-bond donors (Lipinski definition) is 0. The molecule has 2 rings (SSSR count). The van der Waals surface area contributed by atoms with E-state index in [9.17, 15) is 30.7 Å². The lowest BCUT2D eigenvalue weighted by molar-refractivity contribution is -0.139. The van der Waals surface area contributed by atoms with Gasteiger partial charge in [0.2, 0.25) is 0 Å². The molecule has 0 bridgehead atoms. The average Bonchev–Trinajstić information content (AvgIpc) is 2.51. The number of halogens is 7. The van der Waals surface area contributed by atoms with Gasteiger partial charge in [-0.05, 0) is 48.2 Å². The molecule has 0 radical (unpaired) electrons. The van der Waals surface area contributed by atoms with Crippen molar-refractivity contribution in [3.05, 3.63) is 76.1 Å². The zero-order chi connectivity index (χ0) is 19.7. The first-order chi connectivity index (χ1) is 11.9. The number of alkyl halides is 6. The molecule has 0 spiro atoms. The first-order valence-electron chi connectivity index (χ1n) is 7.58. The normalized spacial score (nSPS) is 14.0. The topological polar surface area (TPSA) is 0 Å². The van der Waals surface area contributed by atoms with Crippen LogP contribution in [0.5, 0.6) is 0 Å². The summed E-state index contributed by atoms with van der Waals surface area (Å²) in [5.74, 6) is -2.65. The SMILES string of the molecule is Cc1cc(C(/C=C/c2cccc(C(F)(F)F)c2)C(F)(F)F)cc(C)c1F. The summed E-state index contributed by atoms with van der Waals surface area (Å²) < 4.78 is 92.0. The van der Waals surface area contributed by atoms with Crippen LogP contribution >= 0.6 is 0 Å². The molecule has 2 aromatic rings. The molecular weight excluding hydrogens is 361 g/mol. The maximum absolute atomic E-state index is 13.7. The Labute approximate surface area is 146 Å². The van der Waals surface area contributed by atoms with Gasteiger partial charge in [-0.3, -0.25) is 0 Å². The lowest BCUT2D eigenvalue weighted by Crippen LogP contribution is -2.19. The van der Waals surface area contributed by atoms with Crippen molar-refractivity contribution in [2.24, 2.45) is 0 Å². The van der Waals surface area contributed by atoms with Gasteiger partial charge in [-0.15, -0.1) is 0 Å². The summed E-state index contributed by atoms with van der Waals surface area (Å²) in [6.07, 6.45) is -7.49. The van der Waals surface area contributed by atoms with Crippen LogP contribution in [-0.4, -0.2) is 6.18 Å². The van der Waals surface area contributed by atoms with Gasteiger partial charge in [0.25, 0.3) is 0 Å². The number of aryl methyl sites for hydroxylation is 2. The van der Waals surface area contributed by atoms with E-state index >= 15 is 0 Å². The fourth-order valence-corrected chi connectivity index (χ4v) is 2.59. The van der Waals surface area contributed by atoms with Crippen molar-refractivity contribution in [1.29, 1.82) is 0 Å². The predicted octanol–water partition coefficient (Wildman–Crippen LogP) is 6.82. The van der Waals surface area contributed by atoms with E-state index in [-0.39, 0.29) is 22.3 Å². The van der Waals surface area contributed by atoms with Gasteiger partial charge in [0.15, 0.2) is 0 Å². The monoisotopic (exact) mass is 376 g/mol. The lowest BCUT2D eigenvalue weighted by atomic mass is 9.93. The first kappa shape index (κ1) is 20.0. The van der Waals surface area contributed by atoms with E-state index in [1.54, 1.807) is 0 Å². The van der Waals surface area contributed by atoms with Crippen LogP contribution in [0.3, 0.4) is 0 Å². The standard InChI is InChI=1S/C19H15F7/c1-11-8-14(9-12(2)17(11)20)16(19(24,25)26)7-6-13-4-3-5-15(10-13)18(21,22)23/h3-10,16H,1-2H3/b7-6+. The minimum atomic E-state index is -4.67. The lowest BCUT2D eigenvalue weighted by Gasteiger charge is -2.19. The molecule has 140 valence electrons. The predicted molar refractivity (Wildman–Crippen MR) is 85.1 cm³/mol. The van der Waals surface area contributed by atoms with Gasteiger partial charge in [0, 0.05) is 0 Å². The summed E-state index contributed by atoms with van der Waals surface area (Å²) >= 11 is 0. The van der Waals surface area contributed by atoms with Crippen LogP contribution in [0.15, 0.2) is 42.5 Å². The van der Waals surface area contributed by atoms with Gasteiger partial charge in [0.05, 0.1) is 11.5 Å². The van der Waals surface area contributed by atoms with Gasteiger partial charge < -0.3 is 0 Å². The van der Waals surface area contributed by atoms with Crippen molar-refractivity contribution in [3.8, 4) is 0 Å². The third kappa shape index (κ3) is 4.65. The second-order valence-electron chi connectivity index (χ2n) is 5.97. The molecule has 7 heteroatoms. The van der Waals surface area contributed by atoms with E-state index in [2.05, 4.69) is 0 Å². The molecule has 0 aliphatic carbocycles. The van der Waals surface area contributed by atoms with Crippen LogP contribution in [-0.2, 0) is 6.18 Å². The van der Waals surface area contributed by atoms with Crippen molar-refractivity contribution in [1.82, 2.24) is 0 Å². The largest absolute Gasteiger partial charge is 0.416 e. The second kappa shape index (κ2) is 7.13. The summed E-state index contributed by atoms with van der Waals surface area (Å²) in [7, 11) is 0. The average molecular weight is 376 g/mol. The zero-order valence-electron chi connectivity index (χ0n) is 13.8. The van der Waals surface area contributed by atoms with Gasteiger partial charge in [0.1, 0.15) is 5.82 Å². The molecule has 0 nitrogen and oxygen atoms in total. The Hall–Kier alpha value is -2.31. The number of allylic oxidation sites excluding steroid dienone is 1. The Morgan fingerprint density at radius 3 is 1.96 bits per heavy atom. The van der Waals surface area contributed by atoms with Crippen LogP contribution in [0.4, 0.5) is 30.7 Å². The van der Waals surface area contributed by atoms with Crippen LogP contribution in [0.1, 0.15) is 33.7 Å². The van der Waals surface area contributed by atoms with E-state index < -0.39 is 29.7 Å². The van der Waals surface area contributed by atoms with Gasteiger partial charge >= 0.3 is 12.4 Å². The van der Waals surface area contributed by atoms with Crippen molar-refractivity contribution in [3.63, 3.8) is 0 Å². The maximum atomic E-state index is 13.7. The fraction of sp³-hybridized carbons (Fsp3) is 0.263. The number of benzene rings is 2. The zero-order valence-corrected chi connectivity index (χ0v) is 13.8. The fourth-order valence-electron chi connectivity index (χ4n) is 2.59. The highest BCUT2D eigenvalue weighted by molar-refractivity contribution is 5.53. The molecule has 0 heterocycles. The summed E-state index contributed by atoms with van der Waals surface area (Å²) in [6.45, 7) is 2.71. The molecule has 0 amide bonds. The molecule has 0 fully saturated rings. The molecule has 26 heavy (non-hydrogen) atoms. The third-order valence-electron chi connectivity index (χ3n) is 3.87. The molecule has 0 aliphatic heterocycles. The Balaban J connectivity index is 2.43. The van der Waals surface area contributed by atoms with E-state index in [0.29, 0.717) is 0 Å². The van der Waals surface area contributed by atoms with Crippen molar-refractivity contribution < 1.29 is 30.7 Å². The second-order valence-corrected chi connectivity index (χ2v) is 5.97. The molecule has 0 saturated heterocycles. The molecule has 0 N–H and O–H groups in total. The van der Waals surface area contributed by atoms with E-state index in [1.807, 2.05) is 0 Å².